The summed E-state index contributed by atoms with van der Waals surface area (Å²) in [6, 6.07) is -1.09. The summed E-state index contributed by atoms with van der Waals surface area (Å²) >= 11 is 0. The Morgan fingerprint density at radius 3 is 2.64 bits per heavy atom. The van der Waals surface area contributed by atoms with Gasteiger partial charge in [0.15, 0.2) is 6.10 Å². The Kier molecular flexibility index (Phi) is 5.62. The zero-order valence-corrected chi connectivity index (χ0v) is 8.56. The number of carbonyl (C=O) groups is 1. The second kappa shape index (κ2) is 6.20. The molecule has 0 aromatic rings. The van der Waals surface area contributed by atoms with E-state index < -0.39 is 18.1 Å². The van der Waals surface area contributed by atoms with E-state index >= 15 is 0 Å². The molecule has 3 N–H and O–H groups in total. The van der Waals surface area contributed by atoms with Gasteiger partial charge in [-0.15, -0.1) is 0 Å². The SMILES string of the molecule is CCOC(C)=NOC(C)C(N)C(=O)O. The molecule has 0 amide bonds. The molecule has 0 aromatic carbocycles. The molecular weight excluding hydrogens is 188 g/mol. The topological polar surface area (TPSA) is 94.1 Å². The van der Waals surface area contributed by atoms with Gasteiger partial charge in [0, 0.05) is 6.92 Å². The maximum atomic E-state index is 10.4. The number of nitrogens with zero attached hydrogens (tertiary/aromatic N) is 1. The number of ether oxygens (including phenoxy) is 1. The van der Waals surface area contributed by atoms with Crippen LogP contribution in [0.1, 0.15) is 20.8 Å². The minimum absolute atomic E-state index is 0.344. The van der Waals surface area contributed by atoms with Crippen LogP contribution in [0.25, 0.3) is 0 Å². The van der Waals surface area contributed by atoms with Crippen LogP contribution in [0.4, 0.5) is 0 Å². The van der Waals surface area contributed by atoms with Crippen molar-refractivity contribution < 1.29 is 19.5 Å². The number of carboxylic acid groups (broad SMARTS) is 1. The Morgan fingerprint density at radius 1 is 1.64 bits per heavy atom. The fourth-order valence-corrected chi connectivity index (χ4v) is 0.659. The second-order valence-electron chi connectivity index (χ2n) is 2.72. The van der Waals surface area contributed by atoms with Crippen LogP contribution >= 0.6 is 0 Å². The molecule has 6 heteroatoms. The van der Waals surface area contributed by atoms with Gasteiger partial charge in [-0.2, -0.15) is 0 Å². The van der Waals surface area contributed by atoms with Crippen molar-refractivity contribution in [1.82, 2.24) is 0 Å². The lowest BCUT2D eigenvalue weighted by molar-refractivity contribution is -0.142. The highest BCUT2D eigenvalue weighted by molar-refractivity contribution is 5.74. The highest BCUT2D eigenvalue weighted by Crippen LogP contribution is 1.98. The van der Waals surface area contributed by atoms with E-state index in [1.54, 1.807) is 6.92 Å². The molecule has 0 heterocycles. The molecule has 0 saturated heterocycles. The van der Waals surface area contributed by atoms with E-state index in [1.807, 2.05) is 6.92 Å². The molecule has 0 radical (unpaired) electrons. The molecular formula is C8H16N2O4. The van der Waals surface area contributed by atoms with Gasteiger partial charge in [-0.05, 0) is 13.8 Å². The van der Waals surface area contributed by atoms with Gasteiger partial charge < -0.3 is 20.4 Å². The zero-order chi connectivity index (χ0) is 11.1. The Balaban J connectivity index is 4.00. The van der Waals surface area contributed by atoms with E-state index in [1.165, 1.54) is 6.92 Å². The summed E-state index contributed by atoms with van der Waals surface area (Å²) in [6.45, 7) is 5.44. The number of carboxylic acids is 1. The fraction of sp³-hybridized carbons (Fsp3) is 0.750. The van der Waals surface area contributed by atoms with E-state index in [0.29, 0.717) is 12.5 Å². The van der Waals surface area contributed by atoms with Crippen LogP contribution < -0.4 is 5.73 Å². The highest BCUT2D eigenvalue weighted by Gasteiger charge is 2.21. The van der Waals surface area contributed by atoms with Crippen LogP contribution in [0.5, 0.6) is 0 Å². The minimum atomic E-state index is -1.12. The smallest absolute Gasteiger partial charge is 0.324 e. The van der Waals surface area contributed by atoms with Gasteiger partial charge in [-0.25, -0.2) is 0 Å². The Morgan fingerprint density at radius 2 is 2.21 bits per heavy atom. The quantitative estimate of drug-likeness (QED) is 0.378. The van der Waals surface area contributed by atoms with Crippen molar-refractivity contribution in [2.75, 3.05) is 6.61 Å². The van der Waals surface area contributed by atoms with E-state index in [9.17, 15) is 4.79 Å². The van der Waals surface area contributed by atoms with Gasteiger partial charge in [0.1, 0.15) is 6.04 Å². The maximum absolute atomic E-state index is 10.4. The lowest BCUT2D eigenvalue weighted by Crippen LogP contribution is -2.41. The summed E-state index contributed by atoms with van der Waals surface area (Å²) in [5.41, 5.74) is 5.29. The largest absolute Gasteiger partial charge is 0.480 e. The Bertz CT molecular complexity index is 217. The van der Waals surface area contributed by atoms with Crippen LogP contribution in [0.15, 0.2) is 5.16 Å². The molecule has 0 aliphatic carbocycles. The molecule has 0 aromatic heterocycles. The van der Waals surface area contributed by atoms with Gasteiger partial charge in [0.25, 0.3) is 0 Å². The number of rotatable bonds is 5. The fourth-order valence-electron chi connectivity index (χ4n) is 0.659. The van der Waals surface area contributed by atoms with Crippen LogP contribution in [-0.4, -0.2) is 35.7 Å². The van der Waals surface area contributed by atoms with Gasteiger partial charge >= 0.3 is 5.97 Å². The molecule has 2 atom stereocenters. The van der Waals surface area contributed by atoms with E-state index in [2.05, 4.69) is 5.16 Å². The van der Waals surface area contributed by atoms with Crippen molar-refractivity contribution in [2.24, 2.45) is 10.9 Å². The number of nitrogens with two attached hydrogens (primary N) is 1. The van der Waals surface area contributed by atoms with Crippen LogP contribution in [0, 0.1) is 0 Å². The average Bonchev–Trinajstić information content (AvgIpc) is 2.13. The number of hydrogen-bond donors (Lipinski definition) is 2. The average molecular weight is 204 g/mol. The summed E-state index contributed by atoms with van der Waals surface area (Å²) in [6.07, 6.45) is -0.692. The first-order valence-corrected chi connectivity index (χ1v) is 4.30. The molecule has 0 spiro atoms. The summed E-state index contributed by atoms with van der Waals surface area (Å²) in [5, 5.41) is 12.1. The lowest BCUT2D eigenvalue weighted by atomic mass is 10.2. The van der Waals surface area contributed by atoms with Crippen molar-refractivity contribution in [3.8, 4) is 0 Å². The van der Waals surface area contributed by atoms with E-state index in [0.717, 1.165) is 0 Å². The van der Waals surface area contributed by atoms with Crippen LogP contribution in [-0.2, 0) is 14.4 Å². The monoisotopic (exact) mass is 204 g/mol. The molecule has 0 saturated carbocycles. The molecule has 0 rings (SSSR count). The first-order valence-electron chi connectivity index (χ1n) is 4.30. The molecule has 0 aliphatic rings. The van der Waals surface area contributed by atoms with Crippen molar-refractivity contribution >= 4 is 11.9 Å². The molecule has 0 aliphatic heterocycles. The van der Waals surface area contributed by atoms with Gasteiger partial charge in [-0.3, -0.25) is 4.79 Å². The predicted molar refractivity (Wildman–Crippen MR) is 50.9 cm³/mol. The third-order valence-electron chi connectivity index (χ3n) is 1.49. The third-order valence-corrected chi connectivity index (χ3v) is 1.49. The van der Waals surface area contributed by atoms with Crippen molar-refractivity contribution in [2.45, 2.75) is 32.9 Å². The standard InChI is InChI=1S/C8H16N2O4/c1-4-13-6(3)10-14-5(2)7(9)8(11)12/h5,7H,4,9H2,1-3H3,(H,11,12). The highest BCUT2D eigenvalue weighted by atomic mass is 16.7. The number of oxime groups is 1. The normalized spacial score (nSPS) is 15.9. The summed E-state index contributed by atoms with van der Waals surface area (Å²) in [7, 11) is 0. The molecule has 0 bridgehead atoms. The van der Waals surface area contributed by atoms with Gasteiger partial charge in [0.2, 0.25) is 5.90 Å². The zero-order valence-electron chi connectivity index (χ0n) is 8.56. The van der Waals surface area contributed by atoms with E-state index in [-0.39, 0.29) is 0 Å². The Hall–Kier alpha value is -1.30. The van der Waals surface area contributed by atoms with Crippen molar-refractivity contribution in [1.29, 1.82) is 0 Å². The van der Waals surface area contributed by atoms with Crippen molar-refractivity contribution in [3.05, 3.63) is 0 Å². The van der Waals surface area contributed by atoms with Crippen LogP contribution in [0.3, 0.4) is 0 Å². The molecule has 82 valence electrons. The summed E-state index contributed by atoms with van der Waals surface area (Å²) in [5.74, 6) is -0.779. The third kappa shape index (κ3) is 4.66. The summed E-state index contributed by atoms with van der Waals surface area (Å²) < 4.78 is 4.97. The Labute approximate surface area is 82.7 Å². The molecule has 6 nitrogen and oxygen atoms in total. The van der Waals surface area contributed by atoms with Crippen molar-refractivity contribution in [3.63, 3.8) is 0 Å². The summed E-state index contributed by atoms with van der Waals surface area (Å²) in [4.78, 5) is 15.3. The van der Waals surface area contributed by atoms with Gasteiger partial charge in [-0.1, -0.05) is 5.16 Å². The lowest BCUT2D eigenvalue weighted by Gasteiger charge is -2.13. The first-order chi connectivity index (χ1) is 6.49. The maximum Gasteiger partial charge on any atom is 0.324 e. The van der Waals surface area contributed by atoms with Crippen LogP contribution in [0.2, 0.25) is 0 Å². The molecule has 14 heavy (non-hydrogen) atoms. The second-order valence-corrected chi connectivity index (χ2v) is 2.72. The van der Waals surface area contributed by atoms with Gasteiger partial charge in [0.05, 0.1) is 6.61 Å². The minimum Gasteiger partial charge on any atom is -0.480 e. The number of hydrogen-bond acceptors (Lipinski definition) is 5. The molecule has 0 fully saturated rings. The number of aliphatic carboxylic acids is 1. The van der Waals surface area contributed by atoms with E-state index in [4.69, 9.17) is 20.4 Å². The first kappa shape index (κ1) is 12.7. The predicted octanol–water partition coefficient (Wildman–Crippen LogP) is 0.173. The molecule has 2 unspecified atom stereocenters.